The highest BCUT2D eigenvalue weighted by Gasteiger charge is 2.19. The van der Waals surface area contributed by atoms with Gasteiger partial charge in [-0.2, -0.15) is 0 Å². The Labute approximate surface area is 149 Å². The zero-order chi connectivity index (χ0) is 16.5. The number of carbonyl (C=O) groups excluding carboxylic acids is 1. The molecule has 1 aliphatic heterocycles. The van der Waals surface area contributed by atoms with Crippen molar-refractivity contribution in [3.8, 4) is 0 Å². The Morgan fingerprint density at radius 2 is 2.21 bits per heavy atom. The van der Waals surface area contributed by atoms with Gasteiger partial charge in [0.2, 0.25) is 0 Å². The average Bonchev–Trinajstić information content (AvgIpc) is 3.28. The van der Waals surface area contributed by atoms with Crippen molar-refractivity contribution in [1.29, 1.82) is 0 Å². The van der Waals surface area contributed by atoms with Crippen molar-refractivity contribution < 1.29 is 9.53 Å². The molecule has 24 heavy (non-hydrogen) atoms. The number of amides is 1. The number of ether oxygens (including phenoxy) is 1. The molecular weight excluding hydrogens is 338 g/mol. The lowest BCUT2D eigenvalue weighted by Crippen LogP contribution is -2.32. The zero-order valence-corrected chi connectivity index (χ0v) is 15.3. The van der Waals surface area contributed by atoms with E-state index in [1.54, 1.807) is 22.7 Å². The summed E-state index contributed by atoms with van der Waals surface area (Å²) in [5, 5.41) is 4.40. The van der Waals surface area contributed by atoms with Crippen LogP contribution in [0.4, 0.5) is 0 Å². The van der Waals surface area contributed by atoms with Gasteiger partial charge in [0, 0.05) is 27.4 Å². The molecule has 1 amide bonds. The maximum Gasteiger partial charge on any atom is 0.261 e. The minimum Gasteiger partial charge on any atom is -0.378 e. The summed E-state index contributed by atoms with van der Waals surface area (Å²) in [6, 6.07) is 10.6. The van der Waals surface area contributed by atoms with Gasteiger partial charge >= 0.3 is 0 Å². The van der Waals surface area contributed by atoms with E-state index in [0.717, 1.165) is 30.7 Å². The number of hydrogen-bond acceptors (Lipinski definition) is 4. The normalized spacial score (nSPS) is 19.1. The van der Waals surface area contributed by atoms with E-state index in [1.807, 2.05) is 6.07 Å². The van der Waals surface area contributed by atoms with Gasteiger partial charge in [-0.05, 0) is 44.7 Å². The third kappa shape index (κ3) is 3.21. The summed E-state index contributed by atoms with van der Waals surface area (Å²) in [6.07, 6.45) is 4.73. The molecule has 1 N–H and O–H groups in total. The molecule has 0 radical (unpaired) electrons. The van der Waals surface area contributed by atoms with Gasteiger partial charge in [-0.15, -0.1) is 22.7 Å². The van der Waals surface area contributed by atoms with Crippen LogP contribution in [0.5, 0.6) is 0 Å². The van der Waals surface area contributed by atoms with Crippen molar-refractivity contribution in [2.24, 2.45) is 0 Å². The highest BCUT2D eigenvalue weighted by molar-refractivity contribution is 7.33. The Kier molecular flexibility index (Phi) is 4.57. The van der Waals surface area contributed by atoms with E-state index in [1.165, 1.54) is 25.9 Å². The molecular formula is C19H21NO2S2. The van der Waals surface area contributed by atoms with Crippen LogP contribution in [0.1, 0.15) is 42.3 Å². The van der Waals surface area contributed by atoms with Gasteiger partial charge < -0.3 is 10.1 Å². The smallest absolute Gasteiger partial charge is 0.261 e. The van der Waals surface area contributed by atoms with Crippen LogP contribution in [-0.2, 0) is 4.74 Å². The molecule has 1 aliphatic rings. The monoisotopic (exact) mass is 359 g/mol. The summed E-state index contributed by atoms with van der Waals surface area (Å²) in [5.74, 6) is 0.0484. The fourth-order valence-corrected chi connectivity index (χ4v) is 5.71. The highest BCUT2D eigenvalue weighted by atomic mass is 32.1. The van der Waals surface area contributed by atoms with E-state index in [0.29, 0.717) is 6.10 Å². The van der Waals surface area contributed by atoms with E-state index in [2.05, 4.69) is 36.5 Å². The molecule has 2 unspecified atom stereocenters. The SMILES string of the molecule is CC(CCC1CCCO1)NC(=O)c1cc2sc3ccccc3c2s1. The van der Waals surface area contributed by atoms with Crippen LogP contribution >= 0.6 is 22.7 Å². The maximum absolute atomic E-state index is 12.5. The van der Waals surface area contributed by atoms with Gasteiger partial charge in [0.05, 0.1) is 15.7 Å². The molecule has 0 spiro atoms. The van der Waals surface area contributed by atoms with Crippen LogP contribution in [-0.4, -0.2) is 24.7 Å². The second kappa shape index (κ2) is 6.82. The van der Waals surface area contributed by atoms with Crippen molar-refractivity contribution >= 4 is 48.1 Å². The Hall–Kier alpha value is -1.43. The van der Waals surface area contributed by atoms with Crippen LogP contribution in [0, 0.1) is 0 Å². The quantitative estimate of drug-likeness (QED) is 0.680. The van der Waals surface area contributed by atoms with Crippen LogP contribution < -0.4 is 5.32 Å². The van der Waals surface area contributed by atoms with Crippen LogP contribution in [0.3, 0.4) is 0 Å². The first-order valence-corrected chi connectivity index (χ1v) is 10.2. The van der Waals surface area contributed by atoms with E-state index < -0.39 is 0 Å². The van der Waals surface area contributed by atoms with Crippen molar-refractivity contribution in [3.05, 3.63) is 35.2 Å². The molecule has 2 aromatic heterocycles. The van der Waals surface area contributed by atoms with Crippen LogP contribution in [0.15, 0.2) is 30.3 Å². The summed E-state index contributed by atoms with van der Waals surface area (Å²) in [7, 11) is 0. The zero-order valence-electron chi connectivity index (χ0n) is 13.7. The van der Waals surface area contributed by atoms with Gasteiger partial charge in [0.25, 0.3) is 5.91 Å². The minimum absolute atomic E-state index is 0.0484. The average molecular weight is 360 g/mol. The first-order chi connectivity index (χ1) is 11.7. The topological polar surface area (TPSA) is 38.3 Å². The minimum atomic E-state index is 0.0484. The molecule has 126 valence electrons. The van der Waals surface area contributed by atoms with Crippen molar-refractivity contribution in [2.45, 2.75) is 44.8 Å². The van der Waals surface area contributed by atoms with Gasteiger partial charge in [-0.1, -0.05) is 18.2 Å². The van der Waals surface area contributed by atoms with Crippen molar-refractivity contribution in [3.63, 3.8) is 0 Å². The highest BCUT2D eigenvalue weighted by Crippen LogP contribution is 2.39. The second-order valence-corrected chi connectivity index (χ2v) is 8.63. The van der Waals surface area contributed by atoms with Crippen LogP contribution in [0.25, 0.3) is 19.5 Å². The lowest BCUT2D eigenvalue weighted by Gasteiger charge is -2.15. The Morgan fingerprint density at radius 3 is 3.04 bits per heavy atom. The van der Waals surface area contributed by atoms with Gasteiger partial charge in [0.1, 0.15) is 0 Å². The summed E-state index contributed by atoms with van der Waals surface area (Å²) in [4.78, 5) is 13.3. The molecule has 1 fully saturated rings. The fourth-order valence-electron chi connectivity index (χ4n) is 3.29. The van der Waals surface area contributed by atoms with E-state index in [9.17, 15) is 4.79 Å². The molecule has 3 nitrogen and oxygen atoms in total. The summed E-state index contributed by atoms with van der Waals surface area (Å²) in [6.45, 7) is 2.98. The number of benzene rings is 1. The lowest BCUT2D eigenvalue weighted by molar-refractivity contribution is 0.0902. The Morgan fingerprint density at radius 1 is 1.33 bits per heavy atom. The largest absolute Gasteiger partial charge is 0.378 e. The van der Waals surface area contributed by atoms with Gasteiger partial charge in [-0.3, -0.25) is 4.79 Å². The number of fused-ring (bicyclic) bond motifs is 3. The maximum atomic E-state index is 12.5. The summed E-state index contributed by atoms with van der Waals surface area (Å²) < 4.78 is 9.38. The van der Waals surface area contributed by atoms with E-state index in [4.69, 9.17) is 4.74 Å². The number of hydrogen-bond donors (Lipinski definition) is 1. The molecule has 0 saturated carbocycles. The second-order valence-electron chi connectivity index (χ2n) is 6.49. The number of carbonyl (C=O) groups is 1. The molecule has 2 atom stereocenters. The molecule has 0 aliphatic carbocycles. The number of thiophene rings is 2. The fraction of sp³-hybridized carbons (Fsp3) is 0.421. The molecule has 3 aromatic rings. The molecule has 3 heterocycles. The summed E-state index contributed by atoms with van der Waals surface area (Å²) in [5.41, 5.74) is 0. The molecule has 1 saturated heterocycles. The Bertz CT molecular complexity index is 861. The van der Waals surface area contributed by atoms with Crippen LogP contribution in [0.2, 0.25) is 0 Å². The molecule has 4 rings (SSSR count). The lowest BCUT2D eigenvalue weighted by atomic mass is 10.1. The van der Waals surface area contributed by atoms with Gasteiger partial charge in [-0.25, -0.2) is 0 Å². The van der Waals surface area contributed by atoms with E-state index in [-0.39, 0.29) is 11.9 Å². The van der Waals surface area contributed by atoms with Gasteiger partial charge in [0.15, 0.2) is 0 Å². The van der Waals surface area contributed by atoms with Crippen molar-refractivity contribution in [2.75, 3.05) is 6.61 Å². The Balaban J connectivity index is 1.42. The standard InChI is InChI=1S/C19H21NO2S2/c1-12(8-9-13-5-4-10-22-13)20-19(21)17-11-16-18(24-17)14-6-2-3-7-15(14)23-16/h2-3,6-7,11-13H,4-5,8-10H2,1H3,(H,20,21). The molecule has 0 bridgehead atoms. The predicted octanol–water partition coefficient (Wildman–Crippen LogP) is 5.19. The first kappa shape index (κ1) is 16.1. The van der Waals surface area contributed by atoms with E-state index >= 15 is 0 Å². The van der Waals surface area contributed by atoms with Crippen molar-refractivity contribution in [1.82, 2.24) is 5.32 Å². The third-order valence-corrected chi connectivity index (χ3v) is 7.01. The number of rotatable bonds is 5. The third-order valence-electron chi connectivity index (χ3n) is 4.60. The molecule has 1 aromatic carbocycles. The first-order valence-electron chi connectivity index (χ1n) is 8.54. The molecule has 5 heteroatoms. The summed E-state index contributed by atoms with van der Waals surface area (Å²) >= 11 is 3.36. The number of nitrogens with one attached hydrogen (secondary N) is 1. The predicted molar refractivity (Wildman–Crippen MR) is 102 cm³/mol.